The fourth-order valence-corrected chi connectivity index (χ4v) is 5.94. The molecule has 2 atom stereocenters. The molecule has 2 unspecified atom stereocenters. The number of benzene rings is 2. The minimum Gasteiger partial charge on any atom is -0.494 e. The van der Waals surface area contributed by atoms with E-state index in [-0.39, 0.29) is 46.7 Å². The van der Waals surface area contributed by atoms with Crippen molar-refractivity contribution >= 4 is 33.4 Å². The number of ether oxygens (including phenoxy) is 3. The lowest BCUT2D eigenvalue weighted by molar-refractivity contribution is -0.242. The molecule has 15 heteroatoms. The molecule has 0 saturated heterocycles. The molecule has 1 saturated carbocycles. The Morgan fingerprint density at radius 2 is 1.85 bits per heavy atom. The molecule has 4 rings (SSSR count). The minimum absolute atomic E-state index is 0.0560. The number of nitrogens with two attached hydrogens (primary N) is 1. The number of nitrogens with zero attached hydrogens (tertiary/aromatic N) is 1. The number of sulfonamides is 1. The maximum atomic E-state index is 14.0. The Hall–Kier alpha value is -3.75. The largest absolute Gasteiger partial charge is 0.494 e. The molecule has 1 heterocycles. The summed E-state index contributed by atoms with van der Waals surface area (Å²) in [6, 6.07) is 6.79. The van der Waals surface area contributed by atoms with Crippen molar-refractivity contribution in [2.24, 2.45) is 17.6 Å². The number of amides is 2. The number of carbonyl (C=O) groups is 2. The smallest absolute Gasteiger partial charge is 0.427 e. The van der Waals surface area contributed by atoms with E-state index in [9.17, 15) is 35.6 Å². The molecule has 1 fully saturated rings. The lowest BCUT2D eigenvalue weighted by Crippen LogP contribution is -2.45. The molecular weight excluding hydrogens is 574 g/mol. The maximum Gasteiger partial charge on any atom is 0.427 e. The van der Waals surface area contributed by atoms with Gasteiger partial charge in [0.1, 0.15) is 11.9 Å². The number of hydrogen-bond acceptors (Lipinski definition) is 7. The summed E-state index contributed by atoms with van der Waals surface area (Å²) in [5.41, 5.74) is 2.65. The second kappa shape index (κ2) is 10.9. The molecule has 0 aromatic heterocycles. The zero-order valence-electron chi connectivity index (χ0n) is 22.3. The molecule has 3 N–H and O–H groups in total. The summed E-state index contributed by atoms with van der Waals surface area (Å²) in [5.74, 6) is -2.03. The number of hydrogen-bond donors (Lipinski definition) is 2. The fourth-order valence-electron chi connectivity index (χ4n) is 4.42. The lowest BCUT2D eigenvalue weighted by atomic mass is 9.95. The Labute approximate surface area is 233 Å². The molecule has 2 aromatic carbocycles. The molecule has 224 valence electrons. The number of fused-ring (bicyclic) bond motifs is 1. The van der Waals surface area contributed by atoms with Crippen LogP contribution in [0, 0.1) is 17.7 Å². The van der Waals surface area contributed by atoms with Gasteiger partial charge in [-0.3, -0.25) is 14.4 Å². The molecule has 10 nitrogen and oxygen atoms in total. The first-order valence-corrected chi connectivity index (χ1v) is 14.0. The summed E-state index contributed by atoms with van der Waals surface area (Å²) < 4.78 is 97.6. The van der Waals surface area contributed by atoms with Crippen LogP contribution in [0.15, 0.2) is 41.3 Å². The van der Waals surface area contributed by atoms with Crippen LogP contribution < -0.4 is 24.8 Å². The Morgan fingerprint density at radius 3 is 2.44 bits per heavy atom. The van der Waals surface area contributed by atoms with Crippen molar-refractivity contribution in [1.82, 2.24) is 0 Å². The van der Waals surface area contributed by atoms with Gasteiger partial charge < -0.3 is 19.9 Å². The van der Waals surface area contributed by atoms with Gasteiger partial charge in [0.15, 0.2) is 11.6 Å². The second-order valence-corrected chi connectivity index (χ2v) is 12.2. The third-order valence-corrected chi connectivity index (χ3v) is 8.73. The van der Waals surface area contributed by atoms with Gasteiger partial charge >= 0.3 is 12.3 Å². The van der Waals surface area contributed by atoms with Crippen LogP contribution in [0.2, 0.25) is 0 Å². The molecule has 0 bridgehead atoms. The first-order valence-electron chi connectivity index (χ1n) is 12.6. The maximum absolute atomic E-state index is 14.0. The van der Waals surface area contributed by atoms with E-state index in [1.165, 1.54) is 25.3 Å². The molecule has 2 aliphatic rings. The Balaban J connectivity index is 1.69. The molecule has 2 amide bonds. The Morgan fingerprint density at radius 1 is 1.17 bits per heavy atom. The van der Waals surface area contributed by atoms with Gasteiger partial charge in [0.2, 0.25) is 11.5 Å². The van der Waals surface area contributed by atoms with Gasteiger partial charge in [0.05, 0.1) is 24.2 Å². The molecule has 41 heavy (non-hydrogen) atoms. The number of nitrogens with one attached hydrogen (secondary N) is 1. The summed E-state index contributed by atoms with van der Waals surface area (Å²) >= 11 is 0. The number of methoxy groups -OCH3 is 1. The zero-order valence-corrected chi connectivity index (χ0v) is 23.1. The monoisotopic (exact) mass is 603 g/mol. The van der Waals surface area contributed by atoms with Crippen LogP contribution in [0.3, 0.4) is 0 Å². The third-order valence-electron chi connectivity index (χ3n) is 6.95. The first kappa shape index (κ1) is 30.2. The quantitative estimate of drug-likeness (QED) is 0.400. The van der Waals surface area contributed by atoms with Crippen LogP contribution in [-0.4, -0.2) is 52.0 Å². The number of halogens is 4. The molecule has 1 aliphatic carbocycles. The van der Waals surface area contributed by atoms with E-state index in [4.69, 9.17) is 15.2 Å². The second-order valence-electron chi connectivity index (χ2n) is 10.4. The van der Waals surface area contributed by atoms with E-state index in [0.717, 1.165) is 35.3 Å². The van der Waals surface area contributed by atoms with E-state index in [2.05, 4.69) is 10.1 Å². The predicted molar refractivity (Wildman–Crippen MR) is 139 cm³/mol. The van der Waals surface area contributed by atoms with Crippen molar-refractivity contribution in [3.05, 3.63) is 42.2 Å². The normalized spacial score (nSPS) is 18.1. The fraction of sp³-hybridized carbons (Fsp3) is 0.462. The number of carbonyl (C=O) groups excluding carboxylic acids is 2. The van der Waals surface area contributed by atoms with Gasteiger partial charge in [-0.25, -0.2) is 17.6 Å². The lowest BCUT2D eigenvalue weighted by Gasteiger charge is -2.36. The van der Waals surface area contributed by atoms with Gasteiger partial charge in [-0.15, -0.1) is 0 Å². The van der Waals surface area contributed by atoms with Crippen molar-refractivity contribution < 1.29 is 49.8 Å². The highest BCUT2D eigenvalue weighted by Crippen LogP contribution is 2.44. The van der Waals surface area contributed by atoms with Crippen molar-refractivity contribution in [3.63, 3.8) is 0 Å². The molecule has 0 spiro atoms. The number of rotatable bonds is 9. The number of alkyl halides is 3. The molecule has 0 radical (unpaired) electrons. The van der Waals surface area contributed by atoms with E-state index in [1.807, 2.05) is 0 Å². The van der Waals surface area contributed by atoms with Crippen LogP contribution in [0.5, 0.6) is 11.5 Å². The van der Waals surface area contributed by atoms with Gasteiger partial charge in [-0.2, -0.15) is 13.2 Å². The highest BCUT2D eigenvalue weighted by molar-refractivity contribution is 7.92. The van der Waals surface area contributed by atoms with Crippen LogP contribution in [0.1, 0.15) is 33.1 Å². The summed E-state index contributed by atoms with van der Waals surface area (Å²) in [5, 5.41) is 2.17. The van der Waals surface area contributed by atoms with Crippen molar-refractivity contribution in [2.45, 2.75) is 55.9 Å². The van der Waals surface area contributed by atoms with Gasteiger partial charge in [-0.1, -0.05) is 0 Å². The topological polar surface area (TPSA) is 137 Å². The standard InChI is InChI=1S/C26H29F4N3O7S/c1-25(2,26(28,29)30)40-24(35)32-15-6-9-21-20(10-15)33(13-16(39-21)11-18(23(31)34)14-4-5-14)41(36,37)17-7-8-19(27)22(12-17)38-3/h6-10,12,14,16,18H,4-5,11,13H2,1-3H3,(H2,31,34)(H,32,35). The van der Waals surface area contributed by atoms with E-state index in [1.54, 1.807) is 0 Å². The molecular formula is C26H29F4N3O7S. The van der Waals surface area contributed by atoms with Gasteiger partial charge in [0.25, 0.3) is 10.0 Å². The third kappa shape index (κ3) is 6.44. The van der Waals surface area contributed by atoms with E-state index < -0.39 is 51.6 Å². The number of anilines is 2. The minimum atomic E-state index is -4.84. The summed E-state index contributed by atoms with van der Waals surface area (Å²) in [4.78, 5) is 24.0. The van der Waals surface area contributed by atoms with E-state index in [0.29, 0.717) is 13.8 Å². The molecule has 1 aliphatic heterocycles. The van der Waals surface area contributed by atoms with Crippen molar-refractivity contribution in [1.29, 1.82) is 0 Å². The summed E-state index contributed by atoms with van der Waals surface area (Å²) in [6.07, 6.45) is -5.30. The Kier molecular flexibility index (Phi) is 8.04. The Bertz CT molecular complexity index is 1450. The zero-order chi connectivity index (χ0) is 30.3. The SMILES string of the molecule is COc1cc(S(=O)(=O)N2CC(CC(C(N)=O)C3CC3)Oc3ccc(NC(=O)OC(C)(C)C(F)(F)F)cc32)ccc1F. The predicted octanol–water partition coefficient (Wildman–Crippen LogP) is 4.58. The van der Waals surface area contributed by atoms with Crippen LogP contribution in [0.25, 0.3) is 0 Å². The average Bonchev–Trinajstić information content (AvgIpc) is 3.71. The number of primary amides is 1. The first-order chi connectivity index (χ1) is 19.0. The van der Waals surface area contributed by atoms with Gasteiger partial charge in [-0.05, 0) is 69.4 Å². The van der Waals surface area contributed by atoms with Crippen LogP contribution in [0.4, 0.5) is 33.7 Å². The van der Waals surface area contributed by atoms with Gasteiger partial charge in [0, 0.05) is 17.7 Å². The summed E-state index contributed by atoms with van der Waals surface area (Å²) in [6.45, 7) is 1.08. The average molecular weight is 604 g/mol. The molecule has 2 aromatic rings. The van der Waals surface area contributed by atoms with Crippen molar-refractivity contribution in [2.75, 3.05) is 23.3 Å². The van der Waals surface area contributed by atoms with Crippen molar-refractivity contribution in [3.8, 4) is 11.5 Å². The summed E-state index contributed by atoms with van der Waals surface area (Å²) in [7, 11) is -3.24. The van der Waals surface area contributed by atoms with Crippen LogP contribution >= 0.6 is 0 Å². The van der Waals surface area contributed by atoms with E-state index >= 15 is 0 Å². The highest BCUT2D eigenvalue weighted by atomic mass is 32.2. The highest BCUT2D eigenvalue weighted by Gasteiger charge is 2.51. The van der Waals surface area contributed by atoms with Crippen LogP contribution in [-0.2, 0) is 19.6 Å².